The van der Waals surface area contributed by atoms with Gasteiger partial charge in [-0.25, -0.2) is 4.39 Å². The van der Waals surface area contributed by atoms with Crippen molar-refractivity contribution >= 4 is 6.08 Å². The molecule has 0 fully saturated rings. The Hall–Kier alpha value is -1.11. The van der Waals surface area contributed by atoms with E-state index in [4.69, 9.17) is 0 Å². The van der Waals surface area contributed by atoms with Gasteiger partial charge in [-0.15, -0.1) is 0 Å². The SMILES string of the molecule is CCCCC(C)/C=C/c1ccc(F)cc1. The van der Waals surface area contributed by atoms with Crippen molar-refractivity contribution < 1.29 is 4.39 Å². The Labute approximate surface area is 91.8 Å². The Kier molecular flexibility index (Phi) is 5.09. The zero-order valence-corrected chi connectivity index (χ0v) is 9.54. The summed E-state index contributed by atoms with van der Waals surface area (Å²) in [7, 11) is 0. The van der Waals surface area contributed by atoms with Gasteiger partial charge in [0.05, 0.1) is 0 Å². The summed E-state index contributed by atoms with van der Waals surface area (Å²) in [5.41, 5.74) is 1.07. The summed E-state index contributed by atoms with van der Waals surface area (Å²) in [5.74, 6) is 0.432. The second-order valence-corrected chi connectivity index (χ2v) is 4.03. The Balaban J connectivity index is 2.46. The first-order valence-electron chi connectivity index (χ1n) is 5.66. The summed E-state index contributed by atoms with van der Waals surface area (Å²) in [6, 6.07) is 6.60. The molecule has 0 nitrogen and oxygen atoms in total. The van der Waals surface area contributed by atoms with Crippen molar-refractivity contribution in [2.45, 2.75) is 33.1 Å². The number of halogens is 1. The molecule has 1 aromatic carbocycles. The smallest absolute Gasteiger partial charge is 0.123 e. The molecular weight excluding hydrogens is 187 g/mol. The van der Waals surface area contributed by atoms with Gasteiger partial charge >= 0.3 is 0 Å². The molecule has 0 N–H and O–H groups in total. The summed E-state index contributed by atoms with van der Waals surface area (Å²) >= 11 is 0. The molecule has 0 aromatic heterocycles. The molecule has 0 bridgehead atoms. The summed E-state index contributed by atoms with van der Waals surface area (Å²) in [5, 5.41) is 0. The molecule has 1 unspecified atom stereocenters. The van der Waals surface area contributed by atoms with Crippen molar-refractivity contribution in [3.05, 3.63) is 41.7 Å². The van der Waals surface area contributed by atoms with Crippen molar-refractivity contribution in [1.82, 2.24) is 0 Å². The minimum Gasteiger partial charge on any atom is -0.207 e. The first-order valence-corrected chi connectivity index (χ1v) is 5.66. The molecule has 0 saturated heterocycles. The van der Waals surface area contributed by atoms with E-state index >= 15 is 0 Å². The fourth-order valence-electron chi connectivity index (χ4n) is 1.47. The Bertz CT molecular complexity index is 298. The van der Waals surface area contributed by atoms with Crippen molar-refractivity contribution in [1.29, 1.82) is 0 Å². The molecule has 1 atom stereocenters. The van der Waals surface area contributed by atoms with Crippen LogP contribution in [0.25, 0.3) is 6.08 Å². The highest BCUT2D eigenvalue weighted by atomic mass is 19.1. The summed E-state index contributed by atoms with van der Waals surface area (Å²) in [6.07, 6.45) is 8.01. The minimum atomic E-state index is -0.175. The number of allylic oxidation sites excluding steroid dienone is 1. The standard InChI is InChI=1S/C14H19F/c1-3-4-5-12(2)6-7-13-8-10-14(15)11-9-13/h6-12H,3-5H2,1-2H3/b7-6+. The molecule has 0 amide bonds. The topological polar surface area (TPSA) is 0 Å². The summed E-state index contributed by atoms with van der Waals surface area (Å²) in [4.78, 5) is 0. The third kappa shape index (κ3) is 4.78. The van der Waals surface area contributed by atoms with E-state index in [2.05, 4.69) is 26.0 Å². The van der Waals surface area contributed by atoms with Crippen LogP contribution in [0, 0.1) is 11.7 Å². The van der Waals surface area contributed by atoms with Crippen LogP contribution in [-0.2, 0) is 0 Å². The molecule has 0 aliphatic rings. The number of hydrogen-bond acceptors (Lipinski definition) is 0. The maximum atomic E-state index is 12.6. The second-order valence-electron chi connectivity index (χ2n) is 4.03. The largest absolute Gasteiger partial charge is 0.207 e. The van der Waals surface area contributed by atoms with Crippen molar-refractivity contribution in [3.8, 4) is 0 Å². The van der Waals surface area contributed by atoms with Gasteiger partial charge in [0.15, 0.2) is 0 Å². The van der Waals surface area contributed by atoms with E-state index in [-0.39, 0.29) is 5.82 Å². The molecule has 0 spiro atoms. The number of benzene rings is 1. The number of hydrogen-bond donors (Lipinski definition) is 0. The molecule has 1 heteroatoms. The van der Waals surface area contributed by atoms with Crippen LogP contribution in [0.4, 0.5) is 4.39 Å². The van der Waals surface area contributed by atoms with E-state index < -0.39 is 0 Å². The van der Waals surface area contributed by atoms with E-state index in [1.54, 1.807) is 12.1 Å². The fraction of sp³-hybridized carbons (Fsp3) is 0.429. The van der Waals surface area contributed by atoms with Crippen LogP contribution >= 0.6 is 0 Å². The molecule has 0 aliphatic carbocycles. The van der Waals surface area contributed by atoms with Gasteiger partial charge < -0.3 is 0 Å². The average Bonchev–Trinajstić information content (AvgIpc) is 2.25. The molecule has 0 heterocycles. The van der Waals surface area contributed by atoms with Gasteiger partial charge in [0.1, 0.15) is 5.82 Å². The maximum absolute atomic E-state index is 12.6. The van der Waals surface area contributed by atoms with Gasteiger partial charge in [0.2, 0.25) is 0 Å². The molecule has 15 heavy (non-hydrogen) atoms. The second kappa shape index (κ2) is 6.39. The third-order valence-electron chi connectivity index (χ3n) is 2.50. The lowest BCUT2D eigenvalue weighted by Gasteiger charge is -2.03. The average molecular weight is 206 g/mol. The maximum Gasteiger partial charge on any atom is 0.123 e. The van der Waals surface area contributed by atoms with Crippen LogP contribution in [0.3, 0.4) is 0 Å². The quantitative estimate of drug-likeness (QED) is 0.657. The van der Waals surface area contributed by atoms with Crippen LogP contribution in [0.15, 0.2) is 30.3 Å². The van der Waals surface area contributed by atoms with E-state index in [0.717, 1.165) is 5.56 Å². The Morgan fingerprint density at radius 1 is 1.27 bits per heavy atom. The van der Waals surface area contributed by atoms with Gasteiger partial charge in [-0.3, -0.25) is 0 Å². The first-order chi connectivity index (χ1) is 7.22. The first kappa shape index (κ1) is 12.0. The summed E-state index contributed by atoms with van der Waals surface area (Å²) < 4.78 is 12.6. The van der Waals surface area contributed by atoms with Crippen LogP contribution in [0.5, 0.6) is 0 Å². The van der Waals surface area contributed by atoms with Crippen LogP contribution < -0.4 is 0 Å². The Morgan fingerprint density at radius 2 is 1.93 bits per heavy atom. The lowest BCUT2D eigenvalue weighted by atomic mass is 10.0. The number of unbranched alkanes of at least 4 members (excludes halogenated alkanes) is 1. The summed E-state index contributed by atoms with van der Waals surface area (Å²) in [6.45, 7) is 4.42. The van der Waals surface area contributed by atoms with E-state index in [9.17, 15) is 4.39 Å². The minimum absolute atomic E-state index is 0.175. The van der Waals surface area contributed by atoms with Crippen molar-refractivity contribution in [2.24, 2.45) is 5.92 Å². The van der Waals surface area contributed by atoms with E-state index in [1.807, 2.05) is 0 Å². The highest BCUT2D eigenvalue weighted by molar-refractivity contribution is 5.49. The molecule has 0 aliphatic heterocycles. The highest BCUT2D eigenvalue weighted by Gasteiger charge is 1.95. The van der Waals surface area contributed by atoms with E-state index in [1.165, 1.54) is 31.4 Å². The molecule has 1 aromatic rings. The third-order valence-corrected chi connectivity index (χ3v) is 2.50. The fourth-order valence-corrected chi connectivity index (χ4v) is 1.47. The predicted molar refractivity (Wildman–Crippen MR) is 64.1 cm³/mol. The van der Waals surface area contributed by atoms with Crippen LogP contribution in [-0.4, -0.2) is 0 Å². The zero-order valence-electron chi connectivity index (χ0n) is 9.54. The molecular formula is C14H19F. The van der Waals surface area contributed by atoms with Crippen LogP contribution in [0.1, 0.15) is 38.7 Å². The lowest BCUT2D eigenvalue weighted by Crippen LogP contribution is -1.88. The van der Waals surface area contributed by atoms with Crippen LogP contribution in [0.2, 0.25) is 0 Å². The van der Waals surface area contributed by atoms with Gasteiger partial charge in [0, 0.05) is 0 Å². The van der Waals surface area contributed by atoms with Gasteiger partial charge in [-0.05, 0) is 30.0 Å². The molecule has 0 radical (unpaired) electrons. The van der Waals surface area contributed by atoms with Crippen molar-refractivity contribution in [2.75, 3.05) is 0 Å². The lowest BCUT2D eigenvalue weighted by molar-refractivity contribution is 0.600. The highest BCUT2D eigenvalue weighted by Crippen LogP contribution is 2.12. The van der Waals surface area contributed by atoms with Gasteiger partial charge in [-0.1, -0.05) is 51.0 Å². The van der Waals surface area contributed by atoms with Gasteiger partial charge in [0.25, 0.3) is 0 Å². The monoisotopic (exact) mass is 206 g/mol. The van der Waals surface area contributed by atoms with Crippen molar-refractivity contribution in [3.63, 3.8) is 0 Å². The molecule has 82 valence electrons. The van der Waals surface area contributed by atoms with Gasteiger partial charge in [-0.2, -0.15) is 0 Å². The molecule has 0 saturated carbocycles. The number of rotatable bonds is 5. The molecule has 1 rings (SSSR count). The predicted octanol–water partition coefficient (Wildman–Crippen LogP) is 4.67. The van der Waals surface area contributed by atoms with E-state index in [0.29, 0.717) is 5.92 Å². The normalized spacial score (nSPS) is 13.3. The zero-order chi connectivity index (χ0) is 11.1. The Morgan fingerprint density at radius 3 is 2.53 bits per heavy atom.